The van der Waals surface area contributed by atoms with Gasteiger partial charge in [0.05, 0.1) is 6.61 Å². The Morgan fingerprint density at radius 1 is 1.42 bits per heavy atom. The Bertz CT molecular complexity index is 635. The van der Waals surface area contributed by atoms with E-state index in [1.165, 1.54) is 4.57 Å². The summed E-state index contributed by atoms with van der Waals surface area (Å²) >= 11 is 0. The second kappa shape index (κ2) is 7.43. The van der Waals surface area contributed by atoms with Crippen LogP contribution in [0.3, 0.4) is 0 Å². The number of aromatic nitrogens is 2. The van der Waals surface area contributed by atoms with Crippen LogP contribution in [0.25, 0.3) is 0 Å². The highest BCUT2D eigenvalue weighted by molar-refractivity contribution is 5.31. The average Bonchev–Trinajstić information content (AvgIpc) is 2.80. The van der Waals surface area contributed by atoms with Gasteiger partial charge in [-0.05, 0) is 33.8 Å². The van der Waals surface area contributed by atoms with Crippen LogP contribution in [0, 0.1) is 0 Å². The number of hydrazine groups is 1. The van der Waals surface area contributed by atoms with Gasteiger partial charge in [0.15, 0.2) is 6.23 Å². The van der Waals surface area contributed by atoms with Crippen molar-refractivity contribution in [3.05, 3.63) is 34.9 Å². The zero-order valence-electron chi connectivity index (χ0n) is 14.5. The zero-order chi connectivity index (χ0) is 18.0. The molecule has 134 valence electrons. The van der Waals surface area contributed by atoms with Gasteiger partial charge in [0.1, 0.15) is 18.0 Å². The number of hydrogen-bond acceptors (Lipinski definition) is 7. The summed E-state index contributed by atoms with van der Waals surface area (Å²) in [4.78, 5) is 16.3. The van der Waals surface area contributed by atoms with Crippen molar-refractivity contribution in [2.45, 2.75) is 58.2 Å². The van der Waals surface area contributed by atoms with Crippen molar-refractivity contribution < 1.29 is 14.9 Å². The first-order chi connectivity index (χ1) is 11.3. The normalized spacial score (nSPS) is 24.4. The fourth-order valence-corrected chi connectivity index (χ4v) is 2.74. The lowest BCUT2D eigenvalue weighted by Crippen LogP contribution is -2.42. The highest BCUT2D eigenvalue weighted by Gasteiger charge is 2.38. The van der Waals surface area contributed by atoms with Crippen molar-refractivity contribution >= 4 is 5.82 Å². The van der Waals surface area contributed by atoms with Gasteiger partial charge in [-0.1, -0.05) is 6.58 Å². The molecule has 0 amide bonds. The zero-order valence-corrected chi connectivity index (χ0v) is 14.5. The number of rotatable bonds is 6. The van der Waals surface area contributed by atoms with Crippen LogP contribution in [-0.4, -0.2) is 55.7 Å². The minimum atomic E-state index is -1.01. The van der Waals surface area contributed by atoms with Crippen LogP contribution in [0.5, 0.6) is 0 Å². The number of anilines is 1. The molecular formula is C16H26N4O4. The van der Waals surface area contributed by atoms with Crippen molar-refractivity contribution in [3.8, 4) is 0 Å². The summed E-state index contributed by atoms with van der Waals surface area (Å²) in [6.45, 7) is 11.6. The second-order valence-corrected chi connectivity index (χ2v) is 6.44. The van der Waals surface area contributed by atoms with Crippen LogP contribution in [0.4, 0.5) is 5.82 Å². The molecule has 0 unspecified atom stereocenters. The van der Waals surface area contributed by atoms with Crippen molar-refractivity contribution in [1.29, 1.82) is 0 Å². The van der Waals surface area contributed by atoms with E-state index in [1.807, 2.05) is 32.7 Å². The molecular weight excluding hydrogens is 312 g/mol. The van der Waals surface area contributed by atoms with E-state index < -0.39 is 24.1 Å². The van der Waals surface area contributed by atoms with Gasteiger partial charge < -0.3 is 20.4 Å². The number of aliphatic hydroxyl groups excluding tert-OH is 2. The lowest BCUT2D eigenvalue weighted by molar-refractivity contribution is -0.0447. The summed E-state index contributed by atoms with van der Waals surface area (Å²) in [5, 5.41) is 21.1. The average molecular weight is 338 g/mol. The van der Waals surface area contributed by atoms with Crippen LogP contribution in [-0.2, 0) is 4.74 Å². The van der Waals surface area contributed by atoms with Gasteiger partial charge >= 0.3 is 5.69 Å². The lowest BCUT2D eigenvalue weighted by Gasteiger charge is -2.31. The molecule has 3 N–H and O–H groups in total. The van der Waals surface area contributed by atoms with Gasteiger partial charge in [-0.25, -0.2) is 9.80 Å². The third-order valence-corrected chi connectivity index (χ3v) is 3.97. The summed E-state index contributed by atoms with van der Waals surface area (Å²) < 4.78 is 6.74. The quantitative estimate of drug-likeness (QED) is 0.513. The lowest BCUT2D eigenvalue weighted by atomic mass is 10.1. The molecule has 3 atom stereocenters. The first-order valence-electron chi connectivity index (χ1n) is 8.03. The van der Waals surface area contributed by atoms with E-state index in [9.17, 15) is 15.0 Å². The Morgan fingerprint density at radius 2 is 2.04 bits per heavy atom. The fraction of sp³-hybridized carbons (Fsp3) is 0.625. The SMILES string of the molecule is C=C1[C@H](n2ccc(NN(C(C)C)C(C)C)nc2=O)O[C@H](CO)[C@H]1O. The molecule has 1 fully saturated rings. The molecule has 1 aromatic heterocycles. The van der Waals surface area contributed by atoms with E-state index in [-0.39, 0.29) is 18.7 Å². The van der Waals surface area contributed by atoms with Crippen molar-refractivity contribution in [3.63, 3.8) is 0 Å². The molecule has 0 spiro atoms. The number of nitrogens with one attached hydrogen (secondary N) is 1. The van der Waals surface area contributed by atoms with E-state index in [1.54, 1.807) is 12.3 Å². The molecule has 0 radical (unpaired) electrons. The van der Waals surface area contributed by atoms with Gasteiger partial charge in [0.2, 0.25) is 0 Å². The summed E-state index contributed by atoms with van der Waals surface area (Å²) in [6, 6.07) is 2.12. The Kier molecular flexibility index (Phi) is 5.76. The number of hydrogen-bond donors (Lipinski definition) is 3. The molecule has 1 aromatic rings. The van der Waals surface area contributed by atoms with E-state index >= 15 is 0 Å². The molecule has 0 aliphatic carbocycles. The third kappa shape index (κ3) is 3.67. The van der Waals surface area contributed by atoms with Gasteiger partial charge in [0, 0.05) is 23.9 Å². The van der Waals surface area contributed by atoms with Crippen LogP contribution >= 0.6 is 0 Å². The molecule has 2 heterocycles. The maximum absolute atomic E-state index is 12.3. The number of aliphatic hydroxyl groups is 2. The van der Waals surface area contributed by atoms with Crippen molar-refractivity contribution in [1.82, 2.24) is 14.6 Å². The molecule has 8 nitrogen and oxygen atoms in total. The molecule has 2 rings (SSSR count). The summed E-state index contributed by atoms with van der Waals surface area (Å²) in [7, 11) is 0. The molecule has 0 saturated carbocycles. The number of ether oxygens (including phenoxy) is 1. The van der Waals surface area contributed by atoms with Crippen LogP contribution in [0.15, 0.2) is 29.2 Å². The van der Waals surface area contributed by atoms with E-state index in [0.29, 0.717) is 11.4 Å². The summed E-state index contributed by atoms with van der Waals surface area (Å²) in [6.07, 6.45) is -1.09. The van der Waals surface area contributed by atoms with E-state index in [0.717, 1.165) is 0 Å². The monoisotopic (exact) mass is 338 g/mol. The summed E-state index contributed by atoms with van der Waals surface area (Å²) in [5.74, 6) is 0.432. The highest BCUT2D eigenvalue weighted by Crippen LogP contribution is 2.31. The largest absolute Gasteiger partial charge is 0.394 e. The Balaban J connectivity index is 2.22. The fourth-order valence-electron chi connectivity index (χ4n) is 2.74. The van der Waals surface area contributed by atoms with Gasteiger partial charge in [-0.2, -0.15) is 4.98 Å². The molecule has 8 heteroatoms. The van der Waals surface area contributed by atoms with Crippen molar-refractivity contribution in [2.24, 2.45) is 0 Å². The predicted octanol–water partition coefficient (Wildman–Crippen LogP) is 0.496. The smallest absolute Gasteiger partial charge is 0.351 e. The molecule has 0 aromatic carbocycles. The third-order valence-electron chi connectivity index (χ3n) is 3.97. The Hall–Kier alpha value is -1.74. The topological polar surface area (TPSA) is 99.9 Å². The van der Waals surface area contributed by atoms with Gasteiger partial charge in [-0.3, -0.25) is 4.57 Å². The molecule has 1 aliphatic heterocycles. The Morgan fingerprint density at radius 3 is 2.50 bits per heavy atom. The first kappa shape index (κ1) is 18.6. The van der Waals surface area contributed by atoms with Crippen LogP contribution in [0.1, 0.15) is 33.9 Å². The van der Waals surface area contributed by atoms with Crippen LogP contribution in [0.2, 0.25) is 0 Å². The maximum Gasteiger partial charge on any atom is 0.351 e. The molecule has 1 saturated heterocycles. The van der Waals surface area contributed by atoms with E-state index in [2.05, 4.69) is 17.0 Å². The first-order valence-corrected chi connectivity index (χ1v) is 8.03. The maximum atomic E-state index is 12.3. The highest BCUT2D eigenvalue weighted by atomic mass is 16.5. The standard InChI is InChI=1S/C16H26N4O4/c1-9(2)20(10(3)4)18-13-6-7-19(16(23)17-13)15-11(5)14(22)12(8-21)24-15/h6-7,9-10,12,14-15,21-22H,5,8H2,1-4H3,(H,17,18,23)/t12-,14+,15-/m1/s1. The molecule has 24 heavy (non-hydrogen) atoms. The second-order valence-electron chi connectivity index (χ2n) is 6.44. The molecule has 1 aliphatic rings. The van der Waals surface area contributed by atoms with Gasteiger partial charge in [-0.15, -0.1) is 0 Å². The summed E-state index contributed by atoms with van der Waals surface area (Å²) in [5.41, 5.74) is 2.93. The minimum absolute atomic E-state index is 0.229. The molecule has 0 bridgehead atoms. The van der Waals surface area contributed by atoms with Crippen LogP contribution < -0.4 is 11.1 Å². The Labute approximate surface area is 141 Å². The predicted molar refractivity (Wildman–Crippen MR) is 90.4 cm³/mol. The van der Waals surface area contributed by atoms with Crippen molar-refractivity contribution in [2.75, 3.05) is 12.0 Å². The van der Waals surface area contributed by atoms with E-state index in [4.69, 9.17) is 4.74 Å². The minimum Gasteiger partial charge on any atom is -0.394 e. The van der Waals surface area contributed by atoms with Gasteiger partial charge in [0.25, 0.3) is 0 Å². The number of nitrogens with zero attached hydrogens (tertiary/aromatic N) is 3.